The van der Waals surface area contributed by atoms with Crippen LogP contribution >= 0.6 is 0 Å². The van der Waals surface area contributed by atoms with Crippen LogP contribution in [0.1, 0.15) is 20.8 Å². The summed E-state index contributed by atoms with van der Waals surface area (Å²) in [5, 5.41) is 4.79. The number of halogens is 2. The van der Waals surface area contributed by atoms with E-state index in [0.29, 0.717) is 12.1 Å². The number of hydrogen-bond acceptors (Lipinski definition) is 4. The number of benzene rings is 1. The van der Waals surface area contributed by atoms with Crippen LogP contribution in [0.2, 0.25) is 0 Å². The summed E-state index contributed by atoms with van der Waals surface area (Å²) in [6, 6.07) is 1.22. The molecule has 1 rings (SSSR count). The van der Waals surface area contributed by atoms with E-state index in [1.807, 2.05) is 20.8 Å². The van der Waals surface area contributed by atoms with Gasteiger partial charge in [0.1, 0.15) is 6.61 Å². The lowest BCUT2D eigenvalue weighted by molar-refractivity contribution is -0.0171. The van der Waals surface area contributed by atoms with Gasteiger partial charge in [0, 0.05) is 0 Å². The predicted octanol–water partition coefficient (Wildman–Crippen LogP) is 1.81. The smallest absolute Gasteiger partial charge is 0.238 e. The molecule has 0 aliphatic carbocycles. The van der Waals surface area contributed by atoms with Crippen LogP contribution in [0.15, 0.2) is 17.0 Å². The summed E-state index contributed by atoms with van der Waals surface area (Å²) in [6.07, 6.45) is 0. The fraction of sp³-hybridized carbons (Fsp3) is 0.500. The molecule has 0 atom stereocenters. The van der Waals surface area contributed by atoms with Crippen molar-refractivity contribution in [3.05, 3.63) is 23.8 Å². The van der Waals surface area contributed by atoms with Crippen molar-refractivity contribution in [3.63, 3.8) is 0 Å². The van der Waals surface area contributed by atoms with Gasteiger partial charge in [-0.2, -0.15) is 0 Å². The van der Waals surface area contributed by atoms with E-state index in [2.05, 4.69) is 0 Å². The Morgan fingerprint density at radius 2 is 1.65 bits per heavy atom. The van der Waals surface area contributed by atoms with Gasteiger partial charge in [-0.05, 0) is 32.9 Å². The van der Waals surface area contributed by atoms with Gasteiger partial charge in [-0.25, -0.2) is 22.3 Å². The Morgan fingerprint density at radius 3 is 2.05 bits per heavy atom. The number of hydrogen-bond donors (Lipinski definition) is 1. The van der Waals surface area contributed by atoms with Crippen molar-refractivity contribution in [1.82, 2.24) is 0 Å². The van der Waals surface area contributed by atoms with Gasteiger partial charge in [0.05, 0.1) is 17.1 Å². The highest BCUT2D eigenvalue weighted by Gasteiger charge is 2.18. The maximum Gasteiger partial charge on any atom is 0.238 e. The Labute approximate surface area is 116 Å². The maximum atomic E-state index is 13.6. The van der Waals surface area contributed by atoms with Gasteiger partial charge in [-0.1, -0.05) is 0 Å². The van der Waals surface area contributed by atoms with Crippen molar-refractivity contribution in [2.45, 2.75) is 31.3 Å². The van der Waals surface area contributed by atoms with Crippen molar-refractivity contribution in [2.24, 2.45) is 5.14 Å². The minimum atomic E-state index is -4.17. The highest BCUT2D eigenvalue weighted by atomic mass is 32.2. The average Bonchev–Trinajstić information content (AvgIpc) is 2.23. The highest BCUT2D eigenvalue weighted by molar-refractivity contribution is 7.89. The van der Waals surface area contributed by atoms with E-state index in [9.17, 15) is 17.2 Å². The highest BCUT2D eigenvalue weighted by Crippen LogP contribution is 2.25. The lowest BCUT2D eigenvalue weighted by atomic mass is 10.2. The van der Waals surface area contributed by atoms with E-state index in [1.165, 1.54) is 0 Å². The standard InChI is InChI=1S/C12H17F2NO4S/c1-12(2,3)19-5-4-18-11-9(13)6-8(7-10(11)14)20(15,16)17/h6-7H,4-5H2,1-3H3,(H2,15,16,17). The Morgan fingerprint density at radius 1 is 1.15 bits per heavy atom. The number of nitrogens with two attached hydrogens (primary N) is 1. The number of ether oxygens (including phenoxy) is 2. The Bertz CT molecular complexity index is 559. The molecule has 0 saturated carbocycles. The molecule has 0 bridgehead atoms. The summed E-state index contributed by atoms with van der Waals surface area (Å²) in [4.78, 5) is -0.647. The molecule has 0 aliphatic heterocycles. The molecule has 0 fully saturated rings. The summed E-state index contributed by atoms with van der Waals surface area (Å²) < 4.78 is 59.4. The zero-order valence-corrected chi connectivity index (χ0v) is 12.3. The molecule has 1 aromatic rings. The first-order valence-electron chi connectivity index (χ1n) is 5.79. The third-order valence-corrected chi connectivity index (χ3v) is 3.06. The van der Waals surface area contributed by atoms with Crippen LogP contribution in [-0.4, -0.2) is 27.2 Å². The predicted molar refractivity (Wildman–Crippen MR) is 68.9 cm³/mol. The van der Waals surface area contributed by atoms with E-state index in [4.69, 9.17) is 14.6 Å². The van der Waals surface area contributed by atoms with Gasteiger partial charge < -0.3 is 9.47 Å². The first-order valence-corrected chi connectivity index (χ1v) is 7.34. The maximum absolute atomic E-state index is 13.6. The molecule has 1 aromatic carbocycles. The van der Waals surface area contributed by atoms with E-state index in [1.54, 1.807) is 0 Å². The van der Waals surface area contributed by atoms with Crippen LogP contribution in [0.4, 0.5) is 8.78 Å². The normalized spacial score (nSPS) is 12.5. The fourth-order valence-corrected chi connectivity index (χ4v) is 1.87. The van der Waals surface area contributed by atoms with Gasteiger partial charge in [0.2, 0.25) is 10.0 Å². The summed E-state index contributed by atoms with van der Waals surface area (Å²) in [5.74, 6) is -2.93. The van der Waals surface area contributed by atoms with E-state index in [0.717, 1.165) is 0 Å². The van der Waals surface area contributed by atoms with Crippen LogP contribution in [0.3, 0.4) is 0 Å². The van der Waals surface area contributed by atoms with Crippen molar-refractivity contribution >= 4 is 10.0 Å². The summed E-state index contributed by atoms with van der Waals surface area (Å²) in [6.45, 7) is 5.55. The van der Waals surface area contributed by atoms with Crippen LogP contribution < -0.4 is 9.88 Å². The second-order valence-electron chi connectivity index (χ2n) is 5.07. The van der Waals surface area contributed by atoms with Crippen molar-refractivity contribution in [3.8, 4) is 5.75 Å². The van der Waals surface area contributed by atoms with Gasteiger partial charge >= 0.3 is 0 Å². The van der Waals surface area contributed by atoms with Gasteiger partial charge in [0.15, 0.2) is 17.4 Å². The molecule has 0 heterocycles. The van der Waals surface area contributed by atoms with Crippen molar-refractivity contribution in [2.75, 3.05) is 13.2 Å². The summed E-state index contributed by atoms with van der Waals surface area (Å²) in [7, 11) is -4.17. The molecule has 0 radical (unpaired) electrons. The quantitative estimate of drug-likeness (QED) is 0.841. The Hall–Kier alpha value is -1.25. The number of rotatable bonds is 5. The Balaban J connectivity index is 2.78. The van der Waals surface area contributed by atoms with Crippen LogP contribution in [0, 0.1) is 11.6 Å². The SMILES string of the molecule is CC(C)(C)OCCOc1c(F)cc(S(N)(=O)=O)cc1F. The second kappa shape index (κ2) is 6.02. The minimum absolute atomic E-state index is 0.0696. The monoisotopic (exact) mass is 309 g/mol. The molecule has 0 saturated heterocycles. The van der Waals surface area contributed by atoms with E-state index >= 15 is 0 Å². The molecular weight excluding hydrogens is 292 g/mol. The van der Waals surface area contributed by atoms with Crippen LogP contribution in [0.5, 0.6) is 5.75 Å². The lowest BCUT2D eigenvalue weighted by Gasteiger charge is -2.19. The van der Waals surface area contributed by atoms with Crippen molar-refractivity contribution in [1.29, 1.82) is 0 Å². The van der Waals surface area contributed by atoms with Gasteiger partial charge in [-0.3, -0.25) is 0 Å². The zero-order valence-electron chi connectivity index (χ0n) is 11.4. The van der Waals surface area contributed by atoms with Crippen LogP contribution in [0.25, 0.3) is 0 Å². The second-order valence-corrected chi connectivity index (χ2v) is 6.63. The topological polar surface area (TPSA) is 78.6 Å². The van der Waals surface area contributed by atoms with Crippen LogP contribution in [-0.2, 0) is 14.8 Å². The molecule has 0 unspecified atom stereocenters. The number of primary sulfonamides is 1. The average molecular weight is 309 g/mol. The third kappa shape index (κ3) is 5.03. The summed E-state index contributed by atoms with van der Waals surface area (Å²) in [5.41, 5.74) is -0.391. The lowest BCUT2D eigenvalue weighted by Crippen LogP contribution is -2.22. The molecule has 20 heavy (non-hydrogen) atoms. The molecule has 5 nitrogen and oxygen atoms in total. The third-order valence-electron chi connectivity index (χ3n) is 2.17. The van der Waals surface area contributed by atoms with Crippen molar-refractivity contribution < 1.29 is 26.7 Å². The molecule has 114 valence electrons. The van der Waals surface area contributed by atoms with Gasteiger partial charge in [-0.15, -0.1) is 0 Å². The minimum Gasteiger partial charge on any atom is -0.485 e. The Kier molecular flexibility index (Phi) is 5.06. The molecule has 0 spiro atoms. The number of sulfonamides is 1. The molecule has 0 amide bonds. The van der Waals surface area contributed by atoms with E-state index < -0.39 is 37.9 Å². The van der Waals surface area contributed by atoms with Gasteiger partial charge in [0.25, 0.3) is 0 Å². The molecule has 0 aromatic heterocycles. The first-order chi connectivity index (χ1) is 9.00. The first kappa shape index (κ1) is 16.8. The molecule has 2 N–H and O–H groups in total. The van der Waals surface area contributed by atoms with E-state index in [-0.39, 0.29) is 13.2 Å². The fourth-order valence-electron chi connectivity index (χ4n) is 1.33. The molecule has 8 heteroatoms. The molecule has 0 aliphatic rings. The zero-order chi connectivity index (χ0) is 15.6. The largest absolute Gasteiger partial charge is 0.485 e. The molecular formula is C12H17F2NO4S. The summed E-state index contributed by atoms with van der Waals surface area (Å²) >= 11 is 0.